The summed E-state index contributed by atoms with van der Waals surface area (Å²) < 4.78 is 0. The molecule has 1 aromatic heterocycles. The maximum atomic E-state index is 11.2. The van der Waals surface area contributed by atoms with Crippen LogP contribution >= 0.6 is 11.6 Å². The predicted molar refractivity (Wildman–Crippen MR) is 117 cm³/mol. The molecule has 1 aliphatic rings. The van der Waals surface area contributed by atoms with Crippen LogP contribution in [0.25, 0.3) is 11.1 Å². The second-order valence-corrected chi connectivity index (χ2v) is 8.09. The summed E-state index contributed by atoms with van der Waals surface area (Å²) >= 11 is 6.04. The molecule has 1 fully saturated rings. The lowest BCUT2D eigenvalue weighted by Crippen LogP contribution is -2.34. The average molecular weight is 409 g/mol. The summed E-state index contributed by atoms with van der Waals surface area (Å²) in [5, 5.41) is 11.1. The molecule has 1 unspecified atom stereocenters. The third kappa shape index (κ3) is 4.86. The van der Waals surface area contributed by atoms with Crippen molar-refractivity contribution in [2.75, 3.05) is 18.4 Å². The van der Waals surface area contributed by atoms with E-state index in [1.54, 1.807) is 0 Å². The normalized spacial score (nSPS) is 17.2. The van der Waals surface area contributed by atoms with Crippen LogP contribution in [0.3, 0.4) is 0 Å². The number of piperidine rings is 1. The van der Waals surface area contributed by atoms with E-state index in [-0.39, 0.29) is 5.91 Å². The smallest absolute Gasteiger partial charge is 0.221 e. The number of aromatic nitrogens is 2. The summed E-state index contributed by atoms with van der Waals surface area (Å²) in [5.41, 5.74) is 5.60. The number of H-pyrrole nitrogens is 1. The van der Waals surface area contributed by atoms with Crippen molar-refractivity contribution in [3.8, 4) is 11.1 Å². The summed E-state index contributed by atoms with van der Waals surface area (Å²) in [7, 11) is 0. The molecule has 4 rings (SSSR count). The predicted octanol–water partition coefficient (Wildman–Crippen LogP) is 5.07. The first-order chi connectivity index (χ1) is 14.1. The molecule has 150 valence electrons. The molecule has 0 spiro atoms. The SMILES string of the molecule is CC(=O)Nc1ccc(CN2CCCC(c3[nH]ncc3-c3ccc(Cl)cc3)C2)cc1. The molecule has 1 aliphatic heterocycles. The molecule has 2 heterocycles. The van der Waals surface area contributed by atoms with E-state index < -0.39 is 0 Å². The van der Waals surface area contributed by atoms with Crippen LogP contribution in [0.5, 0.6) is 0 Å². The van der Waals surface area contributed by atoms with Crippen LogP contribution in [0.2, 0.25) is 5.02 Å². The highest BCUT2D eigenvalue weighted by Gasteiger charge is 2.25. The highest BCUT2D eigenvalue weighted by atomic mass is 35.5. The van der Waals surface area contributed by atoms with E-state index in [9.17, 15) is 4.79 Å². The molecule has 2 N–H and O–H groups in total. The second kappa shape index (κ2) is 8.80. The number of hydrogen-bond acceptors (Lipinski definition) is 3. The van der Waals surface area contributed by atoms with Gasteiger partial charge < -0.3 is 5.32 Å². The van der Waals surface area contributed by atoms with Gasteiger partial charge in [0.05, 0.1) is 6.20 Å². The molecule has 1 saturated heterocycles. The lowest BCUT2D eigenvalue weighted by molar-refractivity contribution is -0.114. The van der Waals surface area contributed by atoms with Gasteiger partial charge in [0.1, 0.15) is 0 Å². The van der Waals surface area contributed by atoms with Gasteiger partial charge in [0.15, 0.2) is 0 Å². The molecule has 2 aromatic carbocycles. The zero-order valence-corrected chi connectivity index (χ0v) is 17.2. The van der Waals surface area contributed by atoms with Crippen LogP contribution in [-0.4, -0.2) is 34.1 Å². The van der Waals surface area contributed by atoms with Crippen molar-refractivity contribution in [2.45, 2.75) is 32.2 Å². The number of nitrogens with zero attached hydrogens (tertiary/aromatic N) is 2. The zero-order valence-electron chi connectivity index (χ0n) is 16.5. The molecule has 1 amide bonds. The van der Waals surface area contributed by atoms with Crippen molar-refractivity contribution in [1.29, 1.82) is 0 Å². The van der Waals surface area contributed by atoms with E-state index in [0.717, 1.165) is 54.3 Å². The number of amides is 1. The molecule has 0 radical (unpaired) electrons. The van der Waals surface area contributed by atoms with Gasteiger partial charge in [-0.3, -0.25) is 14.8 Å². The third-order valence-electron chi connectivity index (χ3n) is 5.42. The van der Waals surface area contributed by atoms with Gasteiger partial charge in [-0.1, -0.05) is 35.9 Å². The van der Waals surface area contributed by atoms with E-state index in [2.05, 4.69) is 32.5 Å². The molecular formula is C23H25ClN4O. The summed E-state index contributed by atoms with van der Waals surface area (Å²) in [6.07, 6.45) is 4.23. The number of aromatic amines is 1. The Balaban J connectivity index is 1.45. The molecular weight excluding hydrogens is 384 g/mol. The third-order valence-corrected chi connectivity index (χ3v) is 5.67. The maximum Gasteiger partial charge on any atom is 0.221 e. The lowest BCUT2D eigenvalue weighted by atomic mass is 9.90. The van der Waals surface area contributed by atoms with Crippen molar-refractivity contribution in [3.05, 3.63) is 71.0 Å². The van der Waals surface area contributed by atoms with Crippen molar-refractivity contribution < 1.29 is 4.79 Å². The quantitative estimate of drug-likeness (QED) is 0.619. The monoisotopic (exact) mass is 408 g/mol. The summed E-state index contributed by atoms with van der Waals surface area (Å²) in [5.74, 6) is 0.378. The van der Waals surface area contributed by atoms with Gasteiger partial charge in [-0.15, -0.1) is 0 Å². The number of carbonyl (C=O) groups is 1. The number of halogens is 1. The lowest BCUT2D eigenvalue weighted by Gasteiger charge is -2.32. The maximum absolute atomic E-state index is 11.2. The Morgan fingerprint density at radius 1 is 1.21 bits per heavy atom. The number of hydrogen-bond donors (Lipinski definition) is 2. The number of rotatable bonds is 5. The fourth-order valence-corrected chi connectivity index (χ4v) is 4.18. The summed E-state index contributed by atoms with van der Waals surface area (Å²) in [4.78, 5) is 13.7. The van der Waals surface area contributed by atoms with E-state index >= 15 is 0 Å². The number of likely N-dealkylation sites (tertiary alicyclic amines) is 1. The Kier molecular flexibility index (Phi) is 5.97. The minimum atomic E-state index is -0.0485. The van der Waals surface area contributed by atoms with Crippen LogP contribution in [0, 0.1) is 0 Å². The first-order valence-corrected chi connectivity index (χ1v) is 10.3. The van der Waals surface area contributed by atoms with Crippen molar-refractivity contribution in [2.24, 2.45) is 0 Å². The molecule has 1 atom stereocenters. The van der Waals surface area contributed by atoms with Gasteiger partial charge in [0.2, 0.25) is 5.91 Å². The molecule has 3 aromatic rings. The molecule has 29 heavy (non-hydrogen) atoms. The van der Waals surface area contributed by atoms with Gasteiger partial charge in [-0.05, 0) is 54.8 Å². The number of nitrogens with one attached hydrogen (secondary N) is 2. The van der Waals surface area contributed by atoms with Crippen LogP contribution in [0.4, 0.5) is 5.69 Å². The van der Waals surface area contributed by atoms with Gasteiger partial charge in [-0.2, -0.15) is 5.10 Å². The van der Waals surface area contributed by atoms with Crippen molar-refractivity contribution in [1.82, 2.24) is 15.1 Å². The van der Waals surface area contributed by atoms with Crippen LogP contribution in [0.15, 0.2) is 54.7 Å². The minimum absolute atomic E-state index is 0.0485. The van der Waals surface area contributed by atoms with Gasteiger partial charge in [0.25, 0.3) is 0 Å². The fraction of sp³-hybridized carbons (Fsp3) is 0.304. The topological polar surface area (TPSA) is 61.0 Å². The van der Waals surface area contributed by atoms with Gasteiger partial charge >= 0.3 is 0 Å². The highest BCUT2D eigenvalue weighted by molar-refractivity contribution is 6.30. The molecule has 0 bridgehead atoms. The zero-order chi connectivity index (χ0) is 20.2. The Hall–Kier alpha value is -2.63. The van der Waals surface area contributed by atoms with E-state index in [4.69, 9.17) is 11.6 Å². The summed E-state index contributed by atoms with van der Waals surface area (Å²) in [6, 6.07) is 16.0. The van der Waals surface area contributed by atoms with E-state index in [1.165, 1.54) is 18.2 Å². The molecule has 6 heteroatoms. The van der Waals surface area contributed by atoms with Crippen LogP contribution in [-0.2, 0) is 11.3 Å². The summed E-state index contributed by atoms with van der Waals surface area (Å²) in [6.45, 7) is 4.52. The van der Waals surface area contributed by atoms with Crippen LogP contribution < -0.4 is 5.32 Å². The Morgan fingerprint density at radius 2 is 1.97 bits per heavy atom. The van der Waals surface area contributed by atoms with E-state index in [1.807, 2.05) is 42.6 Å². The van der Waals surface area contributed by atoms with Crippen LogP contribution in [0.1, 0.15) is 36.9 Å². The van der Waals surface area contributed by atoms with E-state index in [0.29, 0.717) is 5.92 Å². The Bertz CT molecular complexity index is 965. The van der Waals surface area contributed by atoms with Gasteiger partial charge in [0, 0.05) is 47.9 Å². The Labute approximate surface area is 176 Å². The van der Waals surface area contributed by atoms with Crippen molar-refractivity contribution >= 4 is 23.2 Å². The average Bonchev–Trinajstić information content (AvgIpc) is 3.20. The first-order valence-electron chi connectivity index (χ1n) is 9.96. The molecule has 0 aliphatic carbocycles. The second-order valence-electron chi connectivity index (χ2n) is 7.66. The number of benzene rings is 2. The Morgan fingerprint density at radius 3 is 2.69 bits per heavy atom. The number of anilines is 1. The number of carbonyl (C=O) groups excluding carboxylic acids is 1. The standard InChI is InChI=1S/C23H25ClN4O/c1-16(29)26-21-10-4-17(5-11-21)14-28-12-2-3-19(15-28)23-22(13-25-27-23)18-6-8-20(24)9-7-18/h4-11,13,19H,2-3,12,14-15H2,1H3,(H,25,27)(H,26,29). The highest BCUT2D eigenvalue weighted by Crippen LogP contribution is 2.33. The molecule has 0 saturated carbocycles. The largest absolute Gasteiger partial charge is 0.326 e. The van der Waals surface area contributed by atoms with Crippen molar-refractivity contribution in [3.63, 3.8) is 0 Å². The fourth-order valence-electron chi connectivity index (χ4n) is 4.06. The van der Waals surface area contributed by atoms with Gasteiger partial charge in [-0.25, -0.2) is 0 Å². The first kappa shape index (κ1) is 19.7. The minimum Gasteiger partial charge on any atom is -0.326 e. The molecule has 5 nitrogen and oxygen atoms in total.